The van der Waals surface area contributed by atoms with Crippen molar-refractivity contribution in [1.82, 2.24) is 0 Å². The zero-order valence-electron chi connectivity index (χ0n) is 5.95. The lowest BCUT2D eigenvalue weighted by atomic mass is 10.2. The molecule has 0 radical (unpaired) electrons. The summed E-state index contributed by atoms with van der Waals surface area (Å²) in [5.74, 6) is 0. The molecule has 1 atom stereocenters. The van der Waals surface area contributed by atoms with E-state index in [2.05, 4.69) is 10.8 Å². The summed E-state index contributed by atoms with van der Waals surface area (Å²) in [6.07, 6.45) is 2.74. The quantitative estimate of drug-likeness (QED) is 0.484. The summed E-state index contributed by atoms with van der Waals surface area (Å²) in [7, 11) is -2.73. The average molecular weight is 164 g/mol. The third kappa shape index (κ3) is 4.52. The van der Waals surface area contributed by atoms with Gasteiger partial charge in [0, 0.05) is 0 Å². The summed E-state index contributed by atoms with van der Waals surface area (Å²) in [5, 5.41) is 0. The van der Waals surface area contributed by atoms with Crippen LogP contribution in [0.2, 0.25) is 0 Å². The topological polar surface area (TPSA) is 43.4 Å². The van der Waals surface area contributed by atoms with Crippen LogP contribution in [0.25, 0.3) is 0 Å². The molecular formula is C6H12O3S. The van der Waals surface area contributed by atoms with E-state index < -0.39 is 11.0 Å². The van der Waals surface area contributed by atoms with Crippen molar-refractivity contribution in [3.8, 4) is 0 Å². The smallest absolute Gasteiger partial charge is 0.257 e. The fraction of sp³-hybridized carbons (Fsp3) is 0.667. The maximum Gasteiger partial charge on any atom is 0.257 e. The van der Waals surface area contributed by atoms with E-state index in [-0.39, 0.29) is 6.10 Å². The Balaban J connectivity index is 3.70. The first kappa shape index (κ1) is 9.65. The van der Waals surface area contributed by atoms with Gasteiger partial charge in [-0.15, -0.1) is 6.58 Å². The fourth-order valence-corrected chi connectivity index (χ4v) is 1.02. The zero-order chi connectivity index (χ0) is 7.98. The molecule has 4 heteroatoms. The summed E-state index contributed by atoms with van der Waals surface area (Å²) >= 11 is 0. The lowest BCUT2D eigenvalue weighted by molar-refractivity contribution is 0.255. The minimum absolute atomic E-state index is 0.342. The van der Waals surface area contributed by atoms with Crippen LogP contribution in [-0.4, -0.2) is 14.5 Å². The molecule has 1 unspecified atom stereocenters. The molecule has 0 amide bonds. The van der Waals surface area contributed by atoms with Crippen LogP contribution in [0.15, 0.2) is 12.7 Å². The molecule has 0 aliphatic heterocycles. The Hall–Kier alpha value is -0.350. The van der Waals surface area contributed by atoms with Crippen LogP contribution in [0.3, 0.4) is 0 Å². The van der Waals surface area contributed by atoms with Gasteiger partial charge in [0.25, 0.3) is 11.0 Å². The fourth-order valence-electron chi connectivity index (χ4n) is 0.609. The summed E-state index contributed by atoms with van der Waals surface area (Å²) < 4.78 is 24.5. The van der Waals surface area contributed by atoms with E-state index in [9.17, 15) is 8.42 Å². The van der Waals surface area contributed by atoms with Gasteiger partial charge in [0.1, 0.15) is 0 Å². The Morgan fingerprint density at radius 3 is 2.60 bits per heavy atom. The lowest BCUT2D eigenvalue weighted by Crippen LogP contribution is -2.07. The highest BCUT2D eigenvalue weighted by molar-refractivity contribution is 7.67. The molecule has 0 N–H and O–H groups in total. The van der Waals surface area contributed by atoms with E-state index in [0.717, 1.165) is 6.42 Å². The van der Waals surface area contributed by atoms with Crippen molar-refractivity contribution in [3.63, 3.8) is 0 Å². The zero-order valence-corrected chi connectivity index (χ0v) is 6.84. The highest BCUT2D eigenvalue weighted by atomic mass is 32.2. The van der Waals surface area contributed by atoms with Gasteiger partial charge in [-0.05, 0) is 6.42 Å². The molecule has 0 aromatic rings. The average Bonchev–Trinajstić information content (AvgIpc) is 1.86. The van der Waals surface area contributed by atoms with Gasteiger partial charge in [0.2, 0.25) is 0 Å². The van der Waals surface area contributed by atoms with Gasteiger partial charge >= 0.3 is 0 Å². The minimum Gasteiger partial charge on any atom is -0.265 e. The molecule has 0 rings (SSSR count). The highest BCUT2D eigenvalue weighted by Crippen LogP contribution is 2.02. The second kappa shape index (κ2) is 5.44. The van der Waals surface area contributed by atoms with Gasteiger partial charge in [0.15, 0.2) is 0 Å². The van der Waals surface area contributed by atoms with Crippen molar-refractivity contribution < 1.29 is 12.6 Å². The van der Waals surface area contributed by atoms with E-state index in [1.54, 1.807) is 0 Å². The van der Waals surface area contributed by atoms with Gasteiger partial charge in [-0.1, -0.05) is 19.4 Å². The van der Waals surface area contributed by atoms with Gasteiger partial charge in [-0.3, -0.25) is 4.18 Å². The second-order valence-electron chi connectivity index (χ2n) is 1.89. The van der Waals surface area contributed by atoms with Crippen LogP contribution in [0.5, 0.6) is 0 Å². The first-order valence-electron chi connectivity index (χ1n) is 3.14. The summed E-state index contributed by atoms with van der Waals surface area (Å²) in [5.41, 5.74) is 0. The molecule has 0 aromatic heterocycles. The van der Waals surface area contributed by atoms with Crippen LogP contribution in [0.4, 0.5) is 0 Å². The van der Waals surface area contributed by atoms with E-state index in [4.69, 9.17) is 0 Å². The Labute approximate surface area is 62.9 Å². The molecule has 0 aliphatic carbocycles. The minimum atomic E-state index is -2.73. The Morgan fingerprint density at radius 2 is 2.30 bits per heavy atom. The molecule has 0 heterocycles. The van der Waals surface area contributed by atoms with E-state index >= 15 is 0 Å². The van der Waals surface area contributed by atoms with Crippen LogP contribution in [0, 0.1) is 0 Å². The molecule has 0 saturated heterocycles. The maximum atomic E-state index is 10.0. The summed E-state index contributed by atoms with van der Waals surface area (Å²) in [6, 6.07) is 0. The third-order valence-electron chi connectivity index (χ3n) is 1.06. The molecule has 0 spiro atoms. The third-order valence-corrected chi connectivity index (χ3v) is 1.50. The van der Waals surface area contributed by atoms with Crippen molar-refractivity contribution in [2.75, 3.05) is 0 Å². The predicted octanol–water partition coefficient (Wildman–Crippen LogP) is 0.884. The van der Waals surface area contributed by atoms with Gasteiger partial charge in [0.05, 0.1) is 6.10 Å². The van der Waals surface area contributed by atoms with Crippen molar-refractivity contribution >= 4 is 11.0 Å². The Morgan fingerprint density at radius 1 is 1.70 bits per heavy atom. The molecule has 0 aromatic carbocycles. The van der Waals surface area contributed by atoms with Gasteiger partial charge in [-0.25, -0.2) is 8.42 Å². The van der Waals surface area contributed by atoms with E-state index in [1.165, 1.54) is 6.08 Å². The molecule has 0 bridgehead atoms. The maximum absolute atomic E-state index is 10.0. The molecular weight excluding hydrogens is 152 g/mol. The van der Waals surface area contributed by atoms with Crippen LogP contribution >= 0.6 is 0 Å². The Kier molecular flexibility index (Phi) is 5.25. The molecule has 0 fully saturated rings. The lowest BCUT2D eigenvalue weighted by Gasteiger charge is -2.05. The molecule has 10 heavy (non-hydrogen) atoms. The Bertz CT molecular complexity index is 154. The summed E-state index contributed by atoms with van der Waals surface area (Å²) in [4.78, 5) is 0. The van der Waals surface area contributed by atoms with Crippen LogP contribution < -0.4 is 0 Å². The van der Waals surface area contributed by atoms with Crippen molar-refractivity contribution in [3.05, 3.63) is 12.7 Å². The van der Waals surface area contributed by atoms with Crippen LogP contribution in [0.1, 0.15) is 19.8 Å². The van der Waals surface area contributed by atoms with Crippen molar-refractivity contribution in [2.45, 2.75) is 25.9 Å². The predicted molar refractivity (Wildman–Crippen MR) is 40.3 cm³/mol. The normalized spacial score (nSPS) is 13.4. The molecule has 0 saturated carbocycles. The second-order valence-corrected chi connectivity index (χ2v) is 2.55. The van der Waals surface area contributed by atoms with Gasteiger partial charge in [-0.2, -0.15) is 0 Å². The number of thiol groups is 1. The van der Waals surface area contributed by atoms with Gasteiger partial charge < -0.3 is 0 Å². The molecule has 0 aliphatic rings. The SMILES string of the molecule is C=CC(CCC)O[SH](=O)=O. The monoisotopic (exact) mass is 164 g/mol. The first-order valence-corrected chi connectivity index (χ1v) is 4.24. The standard InChI is InChI=1S/C6H12O3S/c1-3-5-6(4-2)9-10(7)8/h4,6,10H,2-3,5H2,1H3. The first-order chi connectivity index (χ1) is 4.70. The number of hydrogen-bond acceptors (Lipinski definition) is 3. The van der Waals surface area contributed by atoms with Crippen molar-refractivity contribution in [2.24, 2.45) is 0 Å². The van der Waals surface area contributed by atoms with E-state index in [0.29, 0.717) is 6.42 Å². The summed E-state index contributed by atoms with van der Waals surface area (Å²) in [6.45, 7) is 5.40. The van der Waals surface area contributed by atoms with E-state index in [1.807, 2.05) is 6.92 Å². The van der Waals surface area contributed by atoms with Crippen LogP contribution in [-0.2, 0) is 15.2 Å². The number of hydrogen-bond donors (Lipinski definition) is 1. The largest absolute Gasteiger partial charge is 0.265 e. The molecule has 3 nitrogen and oxygen atoms in total. The van der Waals surface area contributed by atoms with Crippen molar-refractivity contribution in [1.29, 1.82) is 0 Å². The highest BCUT2D eigenvalue weighted by Gasteiger charge is 2.02. The molecule has 60 valence electrons. The number of rotatable bonds is 5.